The SMILES string of the molecule is CNC(c1cccc(Br)c1Cl)c1c(C)cc(F)cc1C. The normalized spacial score (nSPS) is 12.5. The van der Waals surface area contributed by atoms with Gasteiger partial charge in [0.05, 0.1) is 11.1 Å². The van der Waals surface area contributed by atoms with E-state index in [2.05, 4.69) is 21.2 Å². The summed E-state index contributed by atoms with van der Waals surface area (Å²) in [5, 5.41) is 3.95. The first-order valence-electron chi connectivity index (χ1n) is 6.33. The van der Waals surface area contributed by atoms with Gasteiger partial charge in [0.25, 0.3) is 0 Å². The van der Waals surface area contributed by atoms with Crippen LogP contribution in [0, 0.1) is 19.7 Å². The standard InChI is InChI=1S/C16H16BrClFN/c1-9-7-11(19)8-10(2)14(9)16(20-3)12-5-4-6-13(17)15(12)18/h4-8,16,20H,1-3H3. The second kappa shape index (κ2) is 6.25. The van der Waals surface area contributed by atoms with Crippen LogP contribution in [0.3, 0.4) is 0 Å². The summed E-state index contributed by atoms with van der Waals surface area (Å²) in [6.45, 7) is 3.84. The van der Waals surface area contributed by atoms with Crippen molar-refractivity contribution in [1.29, 1.82) is 0 Å². The van der Waals surface area contributed by atoms with Crippen molar-refractivity contribution < 1.29 is 4.39 Å². The molecule has 0 aromatic heterocycles. The van der Waals surface area contributed by atoms with Crippen molar-refractivity contribution in [2.45, 2.75) is 19.9 Å². The van der Waals surface area contributed by atoms with Crippen molar-refractivity contribution in [3.05, 3.63) is 67.9 Å². The Kier molecular flexibility index (Phi) is 4.84. The molecule has 1 unspecified atom stereocenters. The van der Waals surface area contributed by atoms with Crippen LogP contribution in [0.25, 0.3) is 0 Å². The highest BCUT2D eigenvalue weighted by Crippen LogP contribution is 2.35. The number of halogens is 3. The fourth-order valence-corrected chi connectivity index (χ4v) is 3.19. The van der Waals surface area contributed by atoms with Gasteiger partial charge in [0.2, 0.25) is 0 Å². The summed E-state index contributed by atoms with van der Waals surface area (Å²) < 4.78 is 14.3. The Labute approximate surface area is 132 Å². The van der Waals surface area contributed by atoms with E-state index in [9.17, 15) is 4.39 Å². The summed E-state index contributed by atoms with van der Waals surface area (Å²) in [6.07, 6.45) is 0. The largest absolute Gasteiger partial charge is 0.309 e. The monoisotopic (exact) mass is 355 g/mol. The van der Waals surface area contributed by atoms with E-state index in [1.165, 1.54) is 0 Å². The van der Waals surface area contributed by atoms with Crippen LogP contribution in [0.5, 0.6) is 0 Å². The Hall–Kier alpha value is -0.900. The fraction of sp³-hybridized carbons (Fsp3) is 0.250. The minimum atomic E-state index is -0.209. The van der Waals surface area contributed by atoms with E-state index in [0.717, 1.165) is 26.7 Å². The fourth-order valence-electron chi connectivity index (χ4n) is 2.58. The zero-order valence-electron chi connectivity index (χ0n) is 11.6. The summed E-state index contributed by atoms with van der Waals surface area (Å²) in [4.78, 5) is 0. The number of benzene rings is 2. The maximum atomic E-state index is 13.5. The van der Waals surface area contributed by atoms with Gasteiger partial charge in [-0.2, -0.15) is 0 Å². The van der Waals surface area contributed by atoms with Gasteiger partial charge in [-0.05, 0) is 77.3 Å². The molecule has 0 spiro atoms. The van der Waals surface area contributed by atoms with Gasteiger partial charge in [0.1, 0.15) is 5.82 Å². The average Bonchev–Trinajstić information content (AvgIpc) is 2.37. The predicted molar refractivity (Wildman–Crippen MR) is 85.9 cm³/mol. The highest BCUT2D eigenvalue weighted by Gasteiger charge is 2.20. The van der Waals surface area contributed by atoms with Crippen molar-refractivity contribution in [1.82, 2.24) is 5.32 Å². The molecule has 0 fully saturated rings. The number of hydrogen-bond donors (Lipinski definition) is 1. The van der Waals surface area contributed by atoms with Crippen LogP contribution in [-0.2, 0) is 0 Å². The quantitative estimate of drug-likeness (QED) is 0.800. The topological polar surface area (TPSA) is 12.0 Å². The summed E-state index contributed by atoms with van der Waals surface area (Å²) in [7, 11) is 1.88. The Morgan fingerprint density at radius 2 is 1.80 bits per heavy atom. The number of hydrogen-bond acceptors (Lipinski definition) is 1. The molecule has 2 rings (SSSR count). The molecular formula is C16H16BrClFN. The Morgan fingerprint density at radius 3 is 2.35 bits per heavy atom. The lowest BCUT2D eigenvalue weighted by molar-refractivity contribution is 0.618. The predicted octanol–water partition coefficient (Wildman–Crippen LogP) is 5.17. The van der Waals surface area contributed by atoms with Crippen molar-refractivity contribution in [3.63, 3.8) is 0 Å². The van der Waals surface area contributed by atoms with Crippen LogP contribution in [0.2, 0.25) is 5.02 Å². The molecule has 1 N–H and O–H groups in total. The molecule has 20 heavy (non-hydrogen) atoms. The molecule has 4 heteroatoms. The minimum Gasteiger partial charge on any atom is -0.309 e. The molecule has 0 aliphatic heterocycles. The molecule has 0 aliphatic rings. The highest BCUT2D eigenvalue weighted by molar-refractivity contribution is 9.10. The van der Waals surface area contributed by atoms with Gasteiger partial charge in [-0.25, -0.2) is 4.39 Å². The van der Waals surface area contributed by atoms with E-state index in [1.54, 1.807) is 12.1 Å². The van der Waals surface area contributed by atoms with Crippen LogP contribution in [0.1, 0.15) is 28.3 Å². The van der Waals surface area contributed by atoms with E-state index in [4.69, 9.17) is 11.6 Å². The van der Waals surface area contributed by atoms with E-state index < -0.39 is 0 Å². The van der Waals surface area contributed by atoms with Crippen LogP contribution >= 0.6 is 27.5 Å². The first-order valence-corrected chi connectivity index (χ1v) is 7.50. The number of nitrogens with one attached hydrogen (secondary N) is 1. The first-order chi connectivity index (χ1) is 9.45. The molecule has 0 saturated heterocycles. The molecule has 0 heterocycles. The summed E-state index contributed by atoms with van der Waals surface area (Å²) in [5.41, 5.74) is 3.87. The Morgan fingerprint density at radius 1 is 1.20 bits per heavy atom. The summed E-state index contributed by atoms with van der Waals surface area (Å²) in [5.74, 6) is -0.209. The van der Waals surface area contributed by atoms with Gasteiger partial charge in [-0.1, -0.05) is 23.7 Å². The molecule has 0 aliphatic carbocycles. The molecule has 1 nitrogen and oxygen atoms in total. The van der Waals surface area contributed by atoms with Crippen molar-refractivity contribution in [3.8, 4) is 0 Å². The molecule has 106 valence electrons. The van der Waals surface area contributed by atoms with E-state index in [-0.39, 0.29) is 11.9 Å². The minimum absolute atomic E-state index is 0.0689. The maximum absolute atomic E-state index is 13.5. The van der Waals surface area contributed by atoms with E-state index >= 15 is 0 Å². The third-order valence-corrected chi connectivity index (χ3v) is 4.74. The van der Waals surface area contributed by atoms with E-state index in [0.29, 0.717) is 5.02 Å². The molecule has 0 radical (unpaired) electrons. The Bertz CT molecular complexity index is 619. The lowest BCUT2D eigenvalue weighted by atomic mass is 9.91. The smallest absolute Gasteiger partial charge is 0.123 e. The molecule has 0 bridgehead atoms. The average molecular weight is 357 g/mol. The molecule has 2 aromatic rings. The second-order valence-electron chi connectivity index (χ2n) is 4.82. The molecular weight excluding hydrogens is 341 g/mol. The molecule has 1 atom stereocenters. The summed E-state index contributed by atoms with van der Waals surface area (Å²) >= 11 is 9.84. The van der Waals surface area contributed by atoms with Crippen LogP contribution in [-0.4, -0.2) is 7.05 Å². The van der Waals surface area contributed by atoms with Crippen molar-refractivity contribution in [2.24, 2.45) is 0 Å². The van der Waals surface area contributed by atoms with Gasteiger partial charge in [-0.3, -0.25) is 0 Å². The zero-order chi connectivity index (χ0) is 14.9. The van der Waals surface area contributed by atoms with Crippen molar-refractivity contribution in [2.75, 3.05) is 7.05 Å². The van der Waals surface area contributed by atoms with Gasteiger partial charge < -0.3 is 5.32 Å². The van der Waals surface area contributed by atoms with Gasteiger partial charge in [-0.15, -0.1) is 0 Å². The third kappa shape index (κ3) is 2.90. The molecule has 0 saturated carbocycles. The molecule has 2 aromatic carbocycles. The van der Waals surface area contributed by atoms with E-state index in [1.807, 2.05) is 39.1 Å². The van der Waals surface area contributed by atoms with Crippen LogP contribution in [0.4, 0.5) is 4.39 Å². The second-order valence-corrected chi connectivity index (χ2v) is 6.05. The van der Waals surface area contributed by atoms with Gasteiger partial charge >= 0.3 is 0 Å². The first kappa shape index (κ1) is 15.5. The number of aryl methyl sites for hydroxylation is 2. The maximum Gasteiger partial charge on any atom is 0.123 e. The van der Waals surface area contributed by atoms with Crippen LogP contribution in [0.15, 0.2) is 34.8 Å². The highest BCUT2D eigenvalue weighted by atomic mass is 79.9. The Balaban J connectivity index is 2.62. The lowest BCUT2D eigenvalue weighted by Crippen LogP contribution is -2.20. The molecule has 0 amide bonds. The number of rotatable bonds is 3. The van der Waals surface area contributed by atoms with Crippen LogP contribution < -0.4 is 5.32 Å². The van der Waals surface area contributed by atoms with Gasteiger partial charge in [0.15, 0.2) is 0 Å². The summed E-state index contributed by atoms with van der Waals surface area (Å²) in [6, 6.07) is 8.88. The third-order valence-electron chi connectivity index (χ3n) is 3.43. The van der Waals surface area contributed by atoms with Gasteiger partial charge in [0, 0.05) is 4.47 Å². The lowest BCUT2D eigenvalue weighted by Gasteiger charge is -2.23. The zero-order valence-corrected chi connectivity index (χ0v) is 13.9. The van der Waals surface area contributed by atoms with Crippen molar-refractivity contribution >= 4 is 27.5 Å².